The number of hydrogen-bond donors (Lipinski definition) is 0. The molecule has 170 valence electrons. The Morgan fingerprint density at radius 2 is 2.19 bits per heavy atom. The fraction of sp³-hybridized carbons (Fsp3) is 0.364. The summed E-state index contributed by atoms with van der Waals surface area (Å²) in [4.78, 5) is 38.0. The molecule has 0 N–H and O–H groups in total. The largest absolute Gasteiger partial charge is 0.458 e. The number of rotatable bonds is 8. The summed E-state index contributed by atoms with van der Waals surface area (Å²) in [6.45, 7) is 4.44. The molecule has 1 atom stereocenters. The van der Waals surface area contributed by atoms with Crippen LogP contribution in [0.25, 0.3) is 0 Å². The van der Waals surface area contributed by atoms with E-state index < -0.39 is 24.0 Å². The summed E-state index contributed by atoms with van der Waals surface area (Å²) in [7, 11) is 0. The minimum atomic E-state index is -0.661. The Balaban J connectivity index is 1.61. The highest BCUT2D eigenvalue weighted by Crippen LogP contribution is 2.28. The normalized spacial score (nSPS) is 19.0. The number of nitrogens with zero attached hydrogens (tertiary/aromatic N) is 4. The van der Waals surface area contributed by atoms with Crippen LogP contribution in [0.5, 0.6) is 0 Å². The van der Waals surface area contributed by atoms with Gasteiger partial charge in [-0.3, -0.25) is 9.69 Å². The van der Waals surface area contributed by atoms with Gasteiger partial charge in [-0.15, -0.1) is 0 Å². The number of halogens is 1. The number of hydrogen-bond acceptors (Lipinski definition) is 7. The summed E-state index contributed by atoms with van der Waals surface area (Å²) >= 11 is 0. The quantitative estimate of drug-likeness (QED) is 0.265. The van der Waals surface area contributed by atoms with E-state index in [1.807, 2.05) is 13.0 Å². The Bertz CT molecular complexity index is 962. The van der Waals surface area contributed by atoms with E-state index >= 15 is 0 Å². The lowest BCUT2D eigenvalue weighted by Gasteiger charge is -2.27. The van der Waals surface area contributed by atoms with Crippen molar-refractivity contribution in [1.82, 2.24) is 5.01 Å². The Morgan fingerprint density at radius 3 is 2.81 bits per heavy atom. The maximum absolute atomic E-state index is 14.7. The van der Waals surface area contributed by atoms with Gasteiger partial charge in [0.05, 0.1) is 30.0 Å². The number of amides is 2. The highest BCUT2D eigenvalue weighted by Gasteiger charge is 2.34. The second kappa shape index (κ2) is 10.6. The first-order valence-electron chi connectivity index (χ1n) is 10.3. The average molecular weight is 444 g/mol. The smallest absolute Gasteiger partial charge is 0.414 e. The zero-order chi connectivity index (χ0) is 23.1. The standard InChI is InChI=1S/C22H25FN4O5/c1-3-5-6-16(4-2)21(29)31-13-18-12-27(22(30)32-18)17-7-8-20(19(23)11-17)25-9-10-26(15-28)24-14-25/h4-8,11,14-15,18H,3,9-10,12-13H2,1-2H3/b6-5-,16-4+. The van der Waals surface area contributed by atoms with Gasteiger partial charge in [0.1, 0.15) is 18.8 Å². The Hall–Kier alpha value is -3.69. The van der Waals surface area contributed by atoms with Crippen molar-refractivity contribution in [2.45, 2.75) is 26.4 Å². The molecule has 1 aromatic carbocycles. The predicted octanol–water partition coefficient (Wildman–Crippen LogP) is 2.83. The number of anilines is 2. The van der Waals surface area contributed by atoms with E-state index in [0.29, 0.717) is 30.8 Å². The SMILES string of the molecule is C/C=C(\C=C/CC)C(=O)OCC1CN(c2ccc(N3C=NN(C=O)CC3)c(F)c2)C(=O)O1. The van der Waals surface area contributed by atoms with Gasteiger partial charge in [0.25, 0.3) is 0 Å². The number of cyclic esters (lactones) is 1. The second-order valence-electron chi connectivity index (χ2n) is 7.10. The zero-order valence-corrected chi connectivity index (χ0v) is 17.9. The molecule has 0 radical (unpaired) electrons. The highest BCUT2D eigenvalue weighted by molar-refractivity contribution is 5.92. The van der Waals surface area contributed by atoms with E-state index in [9.17, 15) is 18.8 Å². The lowest BCUT2D eigenvalue weighted by Crippen LogP contribution is -2.37. The molecule has 2 heterocycles. The second-order valence-corrected chi connectivity index (χ2v) is 7.10. The number of allylic oxidation sites excluding steroid dienone is 2. The maximum Gasteiger partial charge on any atom is 0.414 e. The summed E-state index contributed by atoms with van der Waals surface area (Å²) in [6, 6.07) is 4.37. The molecule has 1 saturated heterocycles. The molecule has 0 saturated carbocycles. The molecule has 0 aromatic heterocycles. The lowest BCUT2D eigenvalue weighted by molar-refractivity contribution is -0.141. The van der Waals surface area contributed by atoms with Crippen molar-refractivity contribution in [2.75, 3.05) is 36.0 Å². The minimum Gasteiger partial charge on any atom is -0.458 e. The van der Waals surface area contributed by atoms with Crippen molar-refractivity contribution in [2.24, 2.45) is 5.10 Å². The number of esters is 1. The van der Waals surface area contributed by atoms with Crippen LogP contribution < -0.4 is 9.80 Å². The van der Waals surface area contributed by atoms with E-state index in [2.05, 4.69) is 5.10 Å². The summed E-state index contributed by atoms with van der Waals surface area (Å²) in [5.74, 6) is -1.05. The van der Waals surface area contributed by atoms with E-state index in [0.717, 1.165) is 6.42 Å². The van der Waals surface area contributed by atoms with Gasteiger partial charge in [-0.1, -0.05) is 25.2 Å². The van der Waals surface area contributed by atoms with E-state index in [-0.39, 0.29) is 18.8 Å². The number of carbonyl (C=O) groups is 3. The third kappa shape index (κ3) is 5.32. The minimum absolute atomic E-state index is 0.101. The molecule has 10 heteroatoms. The van der Waals surface area contributed by atoms with Gasteiger partial charge in [0, 0.05) is 6.54 Å². The van der Waals surface area contributed by atoms with Crippen LogP contribution >= 0.6 is 0 Å². The zero-order valence-electron chi connectivity index (χ0n) is 17.9. The summed E-state index contributed by atoms with van der Waals surface area (Å²) in [5.41, 5.74) is 1.02. The Morgan fingerprint density at radius 1 is 1.38 bits per heavy atom. The summed E-state index contributed by atoms with van der Waals surface area (Å²) < 4.78 is 25.3. The lowest BCUT2D eigenvalue weighted by atomic mass is 10.2. The summed E-state index contributed by atoms with van der Waals surface area (Å²) in [5, 5.41) is 5.12. The van der Waals surface area contributed by atoms with Crippen LogP contribution in [-0.2, 0) is 19.1 Å². The van der Waals surface area contributed by atoms with Gasteiger partial charge in [-0.2, -0.15) is 5.10 Å². The fourth-order valence-corrected chi connectivity index (χ4v) is 3.21. The predicted molar refractivity (Wildman–Crippen MR) is 117 cm³/mol. The van der Waals surface area contributed by atoms with Crippen molar-refractivity contribution in [3.63, 3.8) is 0 Å². The third-order valence-electron chi connectivity index (χ3n) is 4.94. The first-order valence-corrected chi connectivity index (χ1v) is 10.3. The molecule has 0 bridgehead atoms. The van der Waals surface area contributed by atoms with Gasteiger partial charge in [-0.05, 0) is 31.5 Å². The highest BCUT2D eigenvalue weighted by atomic mass is 19.1. The fourth-order valence-electron chi connectivity index (χ4n) is 3.21. The van der Waals surface area contributed by atoms with E-state index in [1.165, 1.54) is 28.4 Å². The average Bonchev–Trinajstić information content (AvgIpc) is 3.18. The molecule has 1 fully saturated rings. The van der Waals surface area contributed by atoms with Crippen LogP contribution in [0.4, 0.5) is 20.6 Å². The van der Waals surface area contributed by atoms with Crippen LogP contribution in [-0.4, -0.2) is 62.2 Å². The van der Waals surface area contributed by atoms with Gasteiger partial charge >= 0.3 is 12.1 Å². The maximum atomic E-state index is 14.7. The molecule has 2 amide bonds. The first-order chi connectivity index (χ1) is 15.5. The van der Waals surface area contributed by atoms with Crippen molar-refractivity contribution >= 4 is 36.2 Å². The molecule has 0 spiro atoms. The third-order valence-corrected chi connectivity index (χ3v) is 4.94. The molecule has 2 aliphatic rings. The van der Waals surface area contributed by atoms with Crippen molar-refractivity contribution < 1.29 is 28.2 Å². The number of carbonyl (C=O) groups excluding carboxylic acids is 3. The monoisotopic (exact) mass is 444 g/mol. The molecule has 1 unspecified atom stereocenters. The molecule has 2 aliphatic heterocycles. The van der Waals surface area contributed by atoms with Gasteiger partial charge in [0.2, 0.25) is 6.41 Å². The number of hydrazone groups is 1. The number of ether oxygens (including phenoxy) is 2. The molecule has 3 rings (SSSR count). The van der Waals surface area contributed by atoms with Gasteiger partial charge in [0.15, 0.2) is 6.10 Å². The molecule has 9 nitrogen and oxygen atoms in total. The Kier molecular flexibility index (Phi) is 7.58. The van der Waals surface area contributed by atoms with Crippen LogP contribution in [0.1, 0.15) is 20.3 Å². The van der Waals surface area contributed by atoms with Crippen molar-refractivity contribution in [1.29, 1.82) is 0 Å². The van der Waals surface area contributed by atoms with E-state index in [4.69, 9.17) is 9.47 Å². The van der Waals surface area contributed by atoms with Crippen LogP contribution in [0, 0.1) is 5.82 Å². The van der Waals surface area contributed by atoms with Gasteiger partial charge in [-0.25, -0.2) is 19.0 Å². The first kappa shape index (κ1) is 23.0. The van der Waals surface area contributed by atoms with Gasteiger partial charge < -0.3 is 14.4 Å². The van der Waals surface area contributed by atoms with Crippen LogP contribution in [0.3, 0.4) is 0 Å². The van der Waals surface area contributed by atoms with Crippen LogP contribution in [0.15, 0.2) is 47.1 Å². The van der Waals surface area contributed by atoms with Crippen molar-refractivity contribution in [3.05, 3.63) is 47.8 Å². The van der Waals surface area contributed by atoms with Crippen molar-refractivity contribution in [3.8, 4) is 0 Å². The molecule has 1 aromatic rings. The molecule has 32 heavy (non-hydrogen) atoms. The topological polar surface area (TPSA) is 91.8 Å². The van der Waals surface area contributed by atoms with E-state index in [1.54, 1.807) is 30.0 Å². The Labute approximate surface area is 185 Å². The summed E-state index contributed by atoms with van der Waals surface area (Å²) in [6.07, 6.45) is 6.64. The van der Waals surface area contributed by atoms with Crippen LogP contribution in [0.2, 0.25) is 0 Å². The molecular weight excluding hydrogens is 419 g/mol. The molecular formula is C22H25FN4O5. The number of benzene rings is 1. The molecule has 0 aliphatic carbocycles.